The minimum atomic E-state index is -3.50. The lowest BCUT2D eigenvalue weighted by atomic mass is 9.78. The third-order valence-electron chi connectivity index (χ3n) is 6.50. The molecule has 1 aromatic carbocycles. The second-order valence-electron chi connectivity index (χ2n) is 9.28. The molecule has 1 unspecified atom stereocenters. The molecule has 0 saturated carbocycles. The van der Waals surface area contributed by atoms with Crippen LogP contribution in [0.1, 0.15) is 30.0 Å². The topological polar surface area (TPSA) is 164 Å². The normalized spacial score (nSPS) is 18.3. The van der Waals surface area contributed by atoms with Gasteiger partial charge in [-0.15, -0.1) is 0 Å². The number of aromatic nitrogens is 1. The van der Waals surface area contributed by atoms with E-state index in [4.69, 9.17) is 9.26 Å². The number of amides is 1. The van der Waals surface area contributed by atoms with Gasteiger partial charge in [0, 0.05) is 19.2 Å². The molecule has 39 heavy (non-hydrogen) atoms. The summed E-state index contributed by atoms with van der Waals surface area (Å²) in [6, 6.07) is 9.29. The highest BCUT2D eigenvalue weighted by atomic mass is 32.2. The Hall–Kier alpha value is -4.54. The molecule has 13 heteroatoms. The molecule has 4 heterocycles. The Balaban J connectivity index is 1.27. The Bertz CT molecular complexity index is 1670. The van der Waals surface area contributed by atoms with Gasteiger partial charge in [0.15, 0.2) is 0 Å². The van der Waals surface area contributed by atoms with Crippen LogP contribution in [-0.4, -0.2) is 65.8 Å². The SMILES string of the molecule is Cc1noc(C#CC2=CC3=NC(C4(C(=O)O)CN(S(C)(=O)=O)C4)=CC3=N2)c1NC(=O)OC(C)c1ccccc1. The highest BCUT2D eigenvalue weighted by molar-refractivity contribution is 7.88. The number of nitrogens with zero attached hydrogens (tertiary/aromatic N) is 4. The molecule has 3 aliphatic heterocycles. The maximum Gasteiger partial charge on any atom is 0.412 e. The average molecular weight is 550 g/mol. The predicted molar refractivity (Wildman–Crippen MR) is 141 cm³/mol. The van der Waals surface area contributed by atoms with E-state index in [1.54, 1.807) is 19.9 Å². The first-order valence-electron chi connectivity index (χ1n) is 11.8. The van der Waals surface area contributed by atoms with E-state index in [1.807, 2.05) is 30.3 Å². The number of benzene rings is 1. The maximum absolute atomic E-state index is 12.5. The average Bonchev–Trinajstić information content (AvgIpc) is 3.50. The van der Waals surface area contributed by atoms with Crippen LogP contribution in [0, 0.1) is 24.2 Å². The van der Waals surface area contributed by atoms with Gasteiger partial charge in [0.25, 0.3) is 0 Å². The van der Waals surface area contributed by atoms with E-state index in [1.165, 1.54) is 6.08 Å². The summed E-state index contributed by atoms with van der Waals surface area (Å²) in [5.74, 6) is 4.58. The molecule has 12 nitrogen and oxygen atoms in total. The number of allylic oxidation sites excluding steroid dienone is 3. The van der Waals surface area contributed by atoms with E-state index in [9.17, 15) is 23.1 Å². The fourth-order valence-electron chi connectivity index (χ4n) is 4.22. The molecule has 1 saturated heterocycles. The maximum atomic E-state index is 12.5. The predicted octanol–water partition coefficient (Wildman–Crippen LogP) is 2.67. The summed E-state index contributed by atoms with van der Waals surface area (Å²) < 4.78 is 35.3. The molecule has 200 valence electrons. The van der Waals surface area contributed by atoms with Gasteiger partial charge in [-0.05, 0) is 37.3 Å². The van der Waals surface area contributed by atoms with Crippen molar-refractivity contribution in [1.29, 1.82) is 0 Å². The monoisotopic (exact) mass is 549 g/mol. The second kappa shape index (κ2) is 9.64. The molecule has 1 aromatic heterocycles. The van der Waals surface area contributed by atoms with Crippen LogP contribution >= 0.6 is 0 Å². The fourth-order valence-corrected chi connectivity index (χ4v) is 5.13. The summed E-state index contributed by atoms with van der Waals surface area (Å²) in [7, 11) is -3.50. The van der Waals surface area contributed by atoms with Gasteiger partial charge in [-0.25, -0.2) is 23.2 Å². The number of carbonyl (C=O) groups excluding carboxylic acids is 1. The van der Waals surface area contributed by atoms with Crippen LogP contribution in [0.5, 0.6) is 0 Å². The lowest BCUT2D eigenvalue weighted by Crippen LogP contribution is -2.62. The first-order chi connectivity index (χ1) is 18.5. The minimum absolute atomic E-state index is 0.105. The number of carboxylic acids is 1. The summed E-state index contributed by atoms with van der Waals surface area (Å²) in [5, 5.41) is 16.3. The van der Waals surface area contributed by atoms with Crippen molar-refractivity contribution in [1.82, 2.24) is 9.46 Å². The summed E-state index contributed by atoms with van der Waals surface area (Å²) in [6.07, 6.45) is 2.98. The van der Waals surface area contributed by atoms with Gasteiger partial charge in [-0.3, -0.25) is 10.1 Å². The van der Waals surface area contributed by atoms with E-state index >= 15 is 0 Å². The number of hydrogen-bond acceptors (Lipinski definition) is 9. The zero-order valence-electron chi connectivity index (χ0n) is 21.1. The van der Waals surface area contributed by atoms with Crippen LogP contribution in [0.25, 0.3) is 0 Å². The Kier molecular flexibility index (Phi) is 6.45. The lowest BCUT2D eigenvalue weighted by molar-refractivity contribution is -0.152. The molecule has 3 aliphatic rings. The van der Waals surface area contributed by atoms with E-state index in [0.29, 0.717) is 22.8 Å². The standard InChI is InChI=1S/C26H23N5O7S/c1-15-23(29-25(34)37-16(2)17-7-5-4-6-8-17)21(38-30-15)10-9-18-11-19-20(27-18)12-22(28-19)26(24(32)33)13-31(14-26)39(3,35)36/h4-8,11-12,16H,13-14H2,1-3H3,(H,29,34)(H,32,33). The highest BCUT2D eigenvalue weighted by Crippen LogP contribution is 2.42. The van der Waals surface area contributed by atoms with Crippen molar-refractivity contribution in [3.05, 3.63) is 70.9 Å². The number of ether oxygens (including phenoxy) is 1. The van der Waals surface area contributed by atoms with Gasteiger partial charge in [-0.1, -0.05) is 35.5 Å². The molecule has 0 aliphatic carbocycles. The van der Waals surface area contributed by atoms with Crippen LogP contribution in [0.15, 0.2) is 68.4 Å². The number of aliphatic imine (C=N–C) groups is 2. The molecule has 0 radical (unpaired) electrons. The van der Waals surface area contributed by atoms with Crippen molar-refractivity contribution in [3.63, 3.8) is 0 Å². The van der Waals surface area contributed by atoms with Crippen LogP contribution in [0.2, 0.25) is 0 Å². The number of aliphatic carboxylic acids is 1. The molecule has 0 bridgehead atoms. The molecular formula is C26H23N5O7S. The molecule has 1 fully saturated rings. The Morgan fingerprint density at radius 2 is 1.85 bits per heavy atom. The van der Waals surface area contributed by atoms with Gasteiger partial charge in [-0.2, -0.15) is 4.31 Å². The second-order valence-corrected chi connectivity index (χ2v) is 11.3. The van der Waals surface area contributed by atoms with Crippen LogP contribution in [0.4, 0.5) is 10.5 Å². The number of nitrogens with one attached hydrogen (secondary N) is 1. The molecule has 1 atom stereocenters. The third-order valence-corrected chi connectivity index (χ3v) is 7.70. The number of carbonyl (C=O) groups is 2. The molecule has 5 rings (SSSR count). The van der Waals surface area contributed by atoms with Crippen LogP contribution in [0.3, 0.4) is 0 Å². The molecular weight excluding hydrogens is 526 g/mol. The molecule has 2 N–H and O–H groups in total. The zero-order chi connectivity index (χ0) is 27.9. The first kappa shape index (κ1) is 26.1. The van der Waals surface area contributed by atoms with E-state index in [0.717, 1.165) is 16.1 Å². The Morgan fingerprint density at radius 1 is 1.15 bits per heavy atom. The van der Waals surface area contributed by atoms with Crippen molar-refractivity contribution in [2.24, 2.45) is 15.4 Å². The van der Waals surface area contributed by atoms with Crippen molar-refractivity contribution in [3.8, 4) is 11.8 Å². The van der Waals surface area contributed by atoms with Crippen molar-refractivity contribution >= 4 is 39.2 Å². The van der Waals surface area contributed by atoms with Gasteiger partial charge in [0.1, 0.15) is 28.6 Å². The highest BCUT2D eigenvalue weighted by Gasteiger charge is 2.56. The van der Waals surface area contributed by atoms with Gasteiger partial charge >= 0.3 is 12.1 Å². The molecule has 0 spiro atoms. The number of rotatable bonds is 6. The number of aryl methyl sites for hydroxylation is 1. The number of hydrogen-bond donors (Lipinski definition) is 2. The molecule has 2 aromatic rings. The van der Waals surface area contributed by atoms with E-state index < -0.39 is 33.6 Å². The van der Waals surface area contributed by atoms with Crippen molar-refractivity contribution in [2.75, 3.05) is 24.7 Å². The number of carboxylic acid groups (broad SMARTS) is 1. The Labute approximate surface area is 223 Å². The van der Waals surface area contributed by atoms with Crippen LogP contribution in [-0.2, 0) is 19.6 Å². The van der Waals surface area contributed by atoms with Gasteiger partial charge in [0.05, 0.1) is 23.4 Å². The largest absolute Gasteiger partial charge is 0.480 e. The first-order valence-corrected chi connectivity index (χ1v) is 13.6. The fraction of sp³-hybridized carbons (Fsp3) is 0.269. The number of sulfonamides is 1. The smallest absolute Gasteiger partial charge is 0.412 e. The summed E-state index contributed by atoms with van der Waals surface area (Å²) in [4.78, 5) is 33.2. The van der Waals surface area contributed by atoms with E-state index in [2.05, 4.69) is 32.3 Å². The van der Waals surface area contributed by atoms with Crippen molar-refractivity contribution < 1.29 is 32.4 Å². The summed E-state index contributed by atoms with van der Waals surface area (Å²) in [6.45, 7) is 3.02. The number of anilines is 1. The van der Waals surface area contributed by atoms with Crippen LogP contribution < -0.4 is 5.32 Å². The zero-order valence-corrected chi connectivity index (χ0v) is 21.9. The van der Waals surface area contributed by atoms with Gasteiger partial charge in [0.2, 0.25) is 15.8 Å². The summed E-state index contributed by atoms with van der Waals surface area (Å²) in [5.41, 5.74) is 1.54. The third kappa shape index (κ3) is 4.99. The Morgan fingerprint density at radius 3 is 2.49 bits per heavy atom. The quantitative estimate of drug-likeness (QED) is 0.519. The minimum Gasteiger partial charge on any atom is -0.480 e. The van der Waals surface area contributed by atoms with Gasteiger partial charge < -0.3 is 14.4 Å². The number of fused-ring (bicyclic) bond motifs is 1. The van der Waals surface area contributed by atoms with Crippen molar-refractivity contribution in [2.45, 2.75) is 20.0 Å². The van der Waals surface area contributed by atoms with E-state index in [-0.39, 0.29) is 30.2 Å². The lowest BCUT2D eigenvalue weighted by Gasteiger charge is -2.45. The summed E-state index contributed by atoms with van der Waals surface area (Å²) >= 11 is 0. The molecule has 1 amide bonds.